The summed E-state index contributed by atoms with van der Waals surface area (Å²) in [4.78, 5) is 14.8. The molecule has 0 bridgehead atoms. The number of hydrogen-bond donors (Lipinski definition) is 0. The van der Waals surface area contributed by atoms with E-state index in [2.05, 4.69) is 25.7 Å². The molecule has 0 aliphatic carbocycles. The summed E-state index contributed by atoms with van der Waals surface area (Å²) in [6.45, 7) is 9.90. The normalized spacial score (nSPS) is 25.4. The first-order chi connectivity index (χ1) is 9.51. The van der Waals surface area contributed by atoms with Gasteiger partial charge >= 0.3 is 0 Å². The van der Waals surface area contributed by atoms with Crippen LogP contribution in [-0.4, -0.2) is 42.0 Å². The van der Waals surface area contributed by atoms with Crippen molar-refractivity contribution >= 4 is 5.78 Å². The second-order valence-electron chi connectivity index (χ2n) is 5.80. The number of benzene rings is 1. The molecule has 110 valence electrons. The van der Waals surface area contributed by atoms with Crippen LogP contribution in [0.5, 0.6) is 0 Å². The van der Waals surface area contributed by atoms with Gasteiger partial charge in [-0.2, -0.15) is 0 Å². The van der Waals surface area contributed by atoms with E-state index in [-0.39, 0.29) is 24.0 Å². The first kappa shape index (κ1) is 15.2. The zero-order valence-corrected chi connectivity index (χ0v) is 12.9. The lowest BCUT2D eigenvalue weighted by molar-refractivity contribution is -0.0744. The van der Waals surface area contributed by atoms with Gasteiger partial charge in [-0.1, -0.05) is 31.2 Å². The third-order valence-corrected chi connectivity index (χ3v) is 4.02. The van der Waals surface area contributed by atoms with Gasteiger partial charge in [0.2, 0.25) is 0 Å². The molecular formula is C17H25NO2. The molecule has 1 aliphatic heterocycles. The highest BCUT2D eigenvalue weighted by atomic mass is 16.5. The average Bonchev–Trinajstić information content (AvgIpc) is 2.45. The smallest absolute Gasteiger partial charge is 0.179 e. The minimum atomic E-state index is -0.0868. The quantitative estimate of drug-likeness (QED) is 0.791. The fourth-order valence-corrected chi connectivity index (χ4v) is 2.85. The number of nitrogens with zero attached hydrogens (tertiary/aromatic N) is 1. The highest BCUT2D eigenvalue weighted by Gasteiger charge is 2.29. The van der Waals surface area contributed by atoms with Crippen LogP contribution in [0.3, 0.4) is 0 Å². The van der Waals surface area contributed by atoms with E-state index in [1.807, 2.05) is 31.2 Å². The van der Waals surface area contributed by atoms with Gasteiger partial charge in [-0.25, -0.2) is 0 Å². The molecule has 3 nitrogen and oxygen atoms in total. The van der Waals surface area contributed by atoms with E-state index in [4.69, 9.17) is 4.74 Å². The SMILES string of the molecule is CCc1ccc(C(=O)C(C)N2C[C@@H](C)O[C@@H](C)C2)cc1. The van der Waals surface area contributed by atoms with Gasteiger partial charge in [0, 0.05) is 18.7 Å². The van der Waals surface area contributed by atoms with E-state index in [1.165, 1.54) is 5.56 Å². The molecule has 1 heterocycles. The average molecular weight is 275 g/mol. The number of ether oxygens (including phenoxy) is 1. The zero-order chi connectivity index (χ0) is 14.7. The Balaban J connectivity index is 2.07. The van der Waals surface area contributed by atoms with Crippen LogP contribution >= 0.6 is 0 Å². The van der Waals surface area contributed by atoms with Crippen molar-refractivity contribution in [3.63, 3.8) is 0 Å². The molecule has 1 fully saturated rings. The molecule has 20 heavy (non-hydrogen) atoms. The first-order valence-electron chi connectivity index (χ1n) is 7.54. The van der Waals surface area contributed by atoms with Gasteiger partial charge in [-0.3, -0.25) is 9.69 Å². The summed E-state index contributed by atoms with van der Waals surface area (Å²) in [6.07, 6.45) is 1.38. The van der Waals surface area contributed by atoms with Gasteiger partial charge in [-0.15, -0.1) is 0 Å². The van der Waals surface area contributed by atoms with Crippen LogP contribution in [-0.2, 0) is 11.2 Å². The monoisotopic (exact) mass is 275 g/mol. The fraction of sp³-hybridized carbons (Fsp3) is 0.588. The standard InChI is InChI=1S/C17H25NO2/c1-5-15-6-8-16(9-7-15)17(19)14(4)18-10-12(2)20-13(3)11-18/h6-9,12-14H,5,10-11H2,1-4H3/t12-,13+,14?. The van der Waals surface area contributed by atoms with Crippen molar-refractivity contribution in [2.75, 3.05) is 13.1 Å². The summed E-state index contributed by atoms with van der Waals surface area (Å²) in [5.41, 5.74) is 2.07. The molecule has 3 atom stereocenters. The number of aryl methyl sites for hydroxylation is 1. The zero-order valence-electron chi connectivity index (χ0n) is 12.9. The lowest BCUT2D eigenvalue weighted by Crippen LogP contribution is -2.51. The number of Topliss-reactive ketones (excluding diaryl/α,β-unsaturated/α-hetero) is 1. The largest absolute Gasteiger partial charge is 0.373 e. The van der Waals surface area contributed by atoms with Crippen LogP contribution in [0, 0.1) is 0 Å². The van der Waals surface area contributed by atoms with Crippen LogP contribution < -0.4 is 0 Å². The fourth-order valence-electron chi connectivity index (χ4n) is 2.85. The molecule has 1 aromatic rings. The van der Waals surface area contributed by atoms with Crippen molar-refractivity contribution in [3.8, 4) is 0 Å². The molecule has 1 aliphatic rings. The van der Waals surface area contributed by atoms with Crippen molar-refractivity contribution in [2.24, 2.45) is 0 Å². The van der Waals surface area contributed by atoms with Crippen molar-refractivity contribution in [2.45, 2.75) is 52.4 Å². The summed E-state index contributed by atoms with van der Waals surface area (Å²) in [5, 5.41) is 0. The van der Waals surface area contributed by atoms with Gasteiger partial charge in [0.1, 0.15) is 0 Å². The molecule has 0 saturated carbocycles. The number of ketones is 1. The number of carbonyl (C=O) groups excluding carboxylic acids is 1. The summed E-state index contributed by atoms with van der Waals surface area (Å²) in [6, 6.07) is 7.90. The van der Waals surface area contributed by atoms with Crippen LogP contribution in [0.4, 0.5) is 0 Å². The predicted octanol–water partition coefficient (Wildman–Crippen LogP) is 2.93. The minimum Gasteiger partial charge on any atom is -0.373 e. The lowest BCUT2D eigenvalue weighted by Gasteiger charge is -2.38. The van der Waals surface area contributed by atoms with Crippen molar-refractivity contribution in [1.82, 2.24) is 4.90 Å². The van der Waals surface area contributed by atoms with Gasteiger partial charge in [-0.05, 0) is 32.8 Å². The number of rotatable bonds is 4. The number of carbonyl (C=O) groups is 1. The van der Waals surface area contributed by atoms with Gasteiger partial charge < -0.3 is 4.74 Å². The van der Waals surface area contributed by atoms with E-state index >= 15 is 0 Å². The first-order valence-corrected chi connectivity index (χ1v) is 7.54. The van der Waals surface area contributed by atoms with E-state index in [1.54, 1.807) is 0 Å². The summed E-state index contributed by atoms with van der Waals surface area (Å²) < 4.78 is 5.73. The Morgan fingerprint density at radius 3 is 2.30 bits per heavy atom. The van der Waals surface area contributed by atoms with Gasteiger partial charge in [0.25, 0.3) is 0 Å². The van der Waals surface area contributed by atoms with E-state index in [0.29, 0.717) is 0 Å². The third-order valence-electron chi connectivity index (χ3n) is 4.02. The Kier molecular flexibility index (Phi) is 4.95. The topological polar surface area (TPSA) is 29.5 Å². The van der Waals surface area contributed by atoms with Crippen molar-refractivity contribution in [1.29, 1.82) is 0 Å². The maximum Gasteiger partial charge on any atom is 0.179 e. The Labute approximate surface area is 121 Å². The van der Waals surface area contributed by atoms with Crippen LogP contribution in [0.15, 0.2) is 24.3 Å². The lowest BCUT2D eigenvalue weighted by atomic mass is 10.0. The molecule has 1 saturated heterocycles. The molecule has 1 aromatic carbocycles. The Bertz CT molecular complexity index is 445. The molecule has 2 rings (SSSR count). The third kappa shape index (κ3) is 3.47. The molecule has 1 unspecified atom stereocenters. The number of hydrogen-bond acceptors (Lipinski definition) is 3. The molecular weight excluding hydrogens is 250 g/mol. The highest BCUT2D eigenvalue weighted by molar-refractivity contribution is 5.99. The maximum absolute atomic E-state index is 12.6. The van der Waals surface area contributed by atoms with Crippen LogP contribution in [0.1, 0.15) is 43.6 Å². The van der Waals surface area contributed by atoms with Crippen LogP contribution in [0.2, 0.25) is 0 Å². The van der Waals surface area contributed by atoms with Crippen LogP contribution in [0.25, 0.3) is 0 Å². The molecule has 0 amide bonds. The van der Waals surface area contributed by atoms with E-state index in [0.717, 1.165) is 25.1 Å². The summed E-state index contributed by atoms with van der Waals surface area (Å²) in [7, 11) is 0. The molecule has 3 heteroatoms. The molecule has 0 aromatic heterocycles. The molecule has 0 N–H and O–H groups in total. The Morgan fingerprint density at radius 2 is 1.80 bits per heavy atom. The van der Waals surface area contributed by atoms with E-state index in [9.17, 15) is 4.79 Å². The highest BCUT2D eigenvalue weighted by Crippen LogP contribution is 2.17. The summed E-state index contributed by atoms with van der Waals surface area (Å²) in [5.74, 6) is 0.203. The van der Waals surface area contributed by atoms with Crippen molar-refractivity contribution in [3.05, 3.63) is 35.4 Å². The Morgan fingerprint density at radius 1 is 1.25 bits per heavy atom. The molecule has 0 radical (unpaired) electrons. The van der Waals surface area contributed by atoms with Gasteiger partial charge in [0.05, 0.1) is 18.2 Å². The van der Waals surface area contributed by atoms with Gasteiger partial charge in [0.15, 0.2) is 5.78 Å². The number of morpholine rings is 1. The second kappa shape index (κ2) is 6.51. The second-order valence-corrected chi connectivity index (χ2v) is 5.80. The molecule has 0 spiro atoms. The van der Waals surface area contributed by atoms with Crippen molar-refractivity contribution < 1.29 is 9.53 Å². The summed E-state index contributed by atoms with van der Waals surface area (Å²) >= 11 is 0. The minimum absolute atomic E-state index is 0.0868. The van der Waals surface area contributed by atoms with E-state index < -0.39 is 0 Å². The maximum atomic E-state index is 12.6. The Hall–Kier alpha value is -1.19. The predicted molar refractivity (Wildman–Crippen MR) is 81.2 cm³/mol.